The second-order valence-electron chi connectivity index (χ2n) is 4.98. The third-order valence-corrected chi connectivity index (χ3v) is 2.74. The van der Waals surface area contributed by atoms with Gasteiger partial charge in [0.1, 0.15) is 0 Å². The molecule has 0 aliphatic heterocycles. The number of aliphatic hydroxyl groups is 1. The minimum atomic E-state index is -0.755. The molecular weight excluding hydrogens is 226 g/mol. The van der Waals surface area contributed by atoms with E-state index in [4.69, 9.17) is 0 Å². The van der Waals surface area contributed by atoms with E-state index in [-0.39, 0.29) is 0 Å². The maximum Gasteiger partial charge on any atom is 0.0766 e. The lowest BCUT2D eigenvalue weighted by atomic mass is 10.1. The molecule has 1 aromatic heterocycles. The Bertz CT molecular complexity index is 546. The van der Waals surface area contributed by atoms with Gasteiger partial charge in [-0.1, -0.05) is 18.2 Å². The number of para-hydroxylation sites is 1. The van der Waals surface area contributed by atoms with Gasteiger partial charge in [0.2, 0.25) is 0 Å². The standard InChI is InChI=1S/C14H19N3O/c1-14(2,18)9-17-13-10-6-4-5-7-11(10)16-8-12(13)15-3/h4-8,15,18H,9H2,1-3H3,(H,16,17). The van der Waals surface area contributed by atoms with Crippen LogP contribution in [0.15, 0.2) is 30.5 Å². The lowest BCUT2D eigenvalue weighted by Gasteiger charge is -2.21. The molecular formula is C14H19N3O. The first-order valence-electron chi connectivity index (χ1n) is 6.03. The zero-order valence-corrected chi connectivity index (χ0v) is 11.0. The molecule has 0 saturated heterocycles. The van der Waals surface area contributed by atoms with E-state index in [2.05, 4.69) is 15.6 Å². The number of hydrogen-bond donors (Lipinski definition) is 3. The van der Waals surface area contributed by atoms with Gasteiger partial charge < -0.3 is 15.7 Å². The second-order valence-corrected chi connectivity index (χ2v) is 4.98. The Kier molecular flexibility index (Phi) is 3.39. The lowest BCUT2D eigenvalue weighted by Crippen LogP contribution is -2.29. The van der Waals surface area contributed by atoms with Crippen LogP contribution in [0, 0.1) is 0 Å². The second kappa shape index (κ2) is 4.82. The summed E-state index contributed by atoms with van der Waals surface area (Å²) < 4.78 is 0. The van der Waals surface area contributed by atoms with E-state index in [1.54, 1.807) is 20.0 Å². The Balaban J connectivity index is 2.44. The SMILES string of the molecule is CNc1cnc2ccccc2c1NCC(C)(C)O. The van der Waals surface area contributed by atoms with Gasteiger partial charge in [-0.2, -0.15) is 0 Å². The van der Waals surface area contributed by atoms with Gasteiger partial charge in [0.05, 0.1) is 28.7 Å². The Hall–Kier alpha value is -1.81. The van der Waals surface area contributed by atoms with E-state index < -0.39 is 5.60 Å². The van der Waals surface area contributed by atoms with Crippen LogP contribution in [0.25, 0.3) is 10.9 Å². The zero-order chi connectivity index (χ0) is 13.2. The van der Waals surface area contributed by atoms with Crippen molar-refractivity contribution in [3.8, 4) is 0 Å². The van der Waals surface area contributed by atoms with Gasteiger partial charge in [-0.25, -0.2) is 0 Å². The molecule has 4 nitrogen and oxygen atoms in total. The van der Waals surface area contributed by atoms with E-state index in [9.17, 15) is 5.11 Å². The number of nitrogens with zero attached hydrogens (tertiary/aromatic N) is 1. The molecule has 0 atom stereocenters. The summed E-state index contributed by atoms with van der Waals surface area (Å²) in [5, 5.41) is 17.3. The molecule has 18 heavy (non-hydrogen) atoms. The highest BCUT2D eigenvalue weighted by Gasteiger charge is 2.14. The highest BCUT2D eigenvalue weighted by molar-refractivity contribution is 5.97. The van der Waals surface area contributed by atoms with Gasteiger partial charge in [-0.3, -0.25) is 4.98 Å². The predicted octanol–water partition coefficient (Wildman–Crippen LogP) is 2.46. The monoisotopic (exact) mass is 245 g/mol. The van der Waals surface area contributed by atoms with Crippen molar-refractivity contribution in [2.75, 3.05) is 24.2 Å². The highest BCUT2D eigenvalue weighted by atomic mass is 16.3. The first kappa shape index (κ1) is 12.6. The molecule has 0 radical (unpaired) electrons. The molecule has 0 aliphatic carbocycles. The first-order valence-corrected chi connectivity index (χ1v) is 6.03. The number of pyridine rings is 1. The molecule has 96 valence electrons. The van der Waals surface area contributed by atoms with Crippen molar-refractivity contribution >= 4 is 22.3 Å². The quantitative estimate of drug-likeness (QED) is 0.774. The van der Waals surface area contributed by atoms with Crippen LogP contribution < -0.4 is 10.6 Å². The smallest absolute Gasteiger partial charge is 0.0766 e. The normalized spacial score (nSPS) is 11.6. The van der Waals surface area contributed by atoms with Crippen LogP contribution in [0.2, 0.25) is 0 Å². The van der Waals surface area contributed by atoms with Crippen molar-refractivity contribution in [1.82, 2.24) is 4.98 Å². The molecule has 2 aromatic rings. The number of rotatable bonds is 4. The summed E-state index contributed by atoms with van der Waals surface area (Å²) in [6, 6.07) is 7.95. The summed E-state index contributed by atoms with van der Waals surface area (Å²) in [5.41, 5.74) is 2.09. The fraction of sp³-hybridized carbons (Fsp3) is 0.357. The molecule has 0 fully saturated rings. The maximum atomic E-state index is 9.82. The van der Waals surface area contributed by atoms with E-state index >= 15 is 0 Å². The van der Waals surface area contributed by atoms with Crippen molar-refractivity contribution in [2.24, 2.45) is 0 Å². The maximum absolute atomic E-state index is 9.82. The molecule has 1 aromatic carbocycles. The summed E-state index contributed by atoms with van der Waals surface area (Å²) in [4.78, 5) is 4.39. The molecule has 0 amide bonds. The van der Waals surface area contributed by atoms with Crippen LogP contribution in [0.3, 0.4) is 0 Å². The van der Waals surface area contributed by atoms with Crippen molar-refractivity contribution in [3.63, 3.8) is 0 Å². The molecule has 0 spiro atoms. The van der Waals surface area contributed by atoms with Gasteiger partial charge >= 0.3 is 0 Å². The van der Waals surface area contributed by atoms with E-state index in [1.165, 1.54) is 0 Å². The predicted molar refractivity (Wildman–Crippen MR) is 76.1 cm³/mol. The van der Waals surface area contributed by atoms with Crippen LogP contribution in [-0.4, -0.2) is 29.3 Å². The number of aromatic nitrogens is 1. The molecule has 3 N–H and O–H groups in total. The fourth-order valence-electron chi connectivity index (χ4n) is 1.83. The summed E-state index contributed by atoms with van der Waals surface area (Å²) in [6.45, 7) is 4.04. The number of hydrogen-bond acceptors (Lipinski definition) is 4. The number of benzene rings is 1. The topological polar surface area (TPSA) is 57.2 Å². The summed E-state index contributed by atoms with van der Waals surface area (Å²) >= 11 is 0. The van der Waals surface area contributed by atoms with Crippen LogP contribution >= 0.6 is 0 Å². The molecule has 4 heteroatoms. The zero-order valence-electron chi connectivity index (χ0n) is 11.0. The van der Waals surface area contributed by atoms with Crippen molar-refractivity contribution in [3.05, 3.63) is 30.5 Å². The number of nitrogens with one attached hydrogen (secondary N) is 2. The van der Waals surface area contributed by atoms with Gasteiger partial charge in [-0.15, -0.1) is 0 Å². The van der Waals surface area contributed by atoms with Crippen molar-refractivity contribution < 1.29 is 5.11 Å². The molecule has 0 bridgehead atoms. The first-order chi connectivity index (χ1) is 8.51. The van der Waals surface area contributed by atoms with Gasteiger partial charge in [-0.05, 0) is 19.9 Å². The van der Waals surface area contributed by atoms with Crippen LogP contribution in [-0.2, 0) is 0 Å². The Morgan fingerprint density at radius 2 is 2.00 bits per heavy atom. The molecule has 2 rings (SSSR count). The number of fused-ring (bicyclic) bond motifs is 1. The Morgan fingerprint density at radius 3 is 2.67 bits per heavy atom. The van der Waals surface area contributed by atoms with Crippen molar-refractivity contribution in [2.45, 2.75) is 19.4 Å². The molecule has 1 heterocycles. The highest BCUT2D eigenvalue weighted by Crippen LogP contribution is 2.29. The minimum Gasteiger partial charge on any atom is -0.389 e. The Morgan fingerprint density at radius 1 is 1.28 bits per heavy atom. The summed E-state index contributed by atoms with van der Waals surface area (Å²) in [6.07, 6.45) is 1.80. The van der Waals surface area contributed by atoms with Crippen LogP contribution in [0.5, 0.6) is 0 Å². The average molecular weight is 245 g/mol. The molecule has 0 unspecified atom stereocenters. The molecule has 0 aliphatic rings. The number of anilines is 2. The van der Waals surface area contributed by atoms with E-state index in [1.807, 2.05) is 31.3 Å². The van der Waals surface area contributed by atoms with Gasteiger partial charge in [0.15, 0.2) is 0 Å². The Labute approximate surface area is 107 Å². The summed E-state index contributed by atoms with van der Waals surface area (Å²) in [5.74, 6) is 0. The van der Waals surface area contributed by atoms with Gasteiger partial charge in [0, 0.05) is 19.0 Å². The minimum absolute atomic E-state index is 0.482. The van der Waals surface area contributed by atoms with Crippen LogP contribution in [0.4, 0.5) is 11.4 Å². The largest absolute Gasteiger partial charge is 0.389 e. The van der Waals surface area contributed by atoms with Crippen molar-refractivity contribution in [1.29, 1.82) is 0 Å². The third kappa shape index (κ3) is 2.71. The third-order valence-electron chi connectivity index (χ3n) is 2.74. The average Bonchev–Trinajstić information content (AvgIpc) is 2.34. The van der Waals surface area contributed by atoms with E-state index in [0.29, 0.717) is 6.54 Å². The van der Waals surface area contributed by atoms with Gasteiger partial charge in [0.25, 0.3) is 0 Å². The lowest BCUT2D eigenvalue weighted by molar-refractivity contribution is 0.0946. The van der Waals surface area contributed by atoms with E-state index in [0.717, 1.165) is 22.3 Å². The fourth-order valence-corrected chi connectivity index (χ4v) is 1.83. The summed E-state index contributed by atoms with van der Waals surface area (Å²) in [7, 11) is 1.86. The molecule has 0 saturated carbocycles. The van der Waals surface area contributed by atoms with Crippen LogP contribution in [0.1, 0.15) is 13.8 Å².